The van der Waals surface area contributed by atoms with E-state index >= 15 is 0 Å². The minimum absolute atomic E-state index is 0.254. The Morgan fingerprint density at radius 3 is 2.10 bits per heavy atom. The maximum atomic E-state index is 11.9. The van der Waals surface area contributed by atoms with Crippen molar-refractivity contribution < 1.29 is 22.7 Å². The van der Waals surface area contributed by atoms with Gasteiger partial charge in [0.1, 0.15) is 5.75 Å². The van der Waals surface area contributed by atoms with E-state index in [0.717, 1.165) is 11.3 Å². The van der Waals surface area contributed by atoms with Gasteiger partial charge < -0.3 is 4.74 Å². The molecule has 0 fully saturated rings. The van der Waals surface area contributed by atoms with Crippen LogP contribution in [0.5, 0.6) is 5.75 Å². The highest BCUT2D eigenvalue weighted by molar-refractivity contribution is 5.83. The summed E-state index contributed by atoms with van der Waals surface area (Å²) in [7, 11) is 1.57. The monoisotopic (exact) mass is 290 g/mol. The minimum atomic E-state index is -4.69. The summed E-state index contributed by atoms with van der Waals surface area (Å²) in [6.07, 6.45) is -3.65. The van der Waals surface area contributed by atoms with Crippen LogP contribution in [-0.4, -0.2) is 19.1 Å². The second kappa shape index (κ2) is 9.39. The number of halogens is 3. The summed E-state index contributed by atoms with van der Waals surface area (Å²) in [5.74, 6) is -0.900. The van der Waals surface area contributed by atoms with Crippen molar-refractivity contribution in [2.45, 2.75) is 45.7 Å². The van der Waals surface area contributed by atoms with Gasteiger partial charge in [0, 0.05) is 6.42 Å². The zero-order valence-electron chi connectivity index (χ0n) is 12.1. The maximum Gasteiger partial charge on any atom is 0.449 e. The summed E-state index contributed by atoms with van der Waals surface area (Å²) in [4.78, 5) is 10.6. The van der Waals surface area contributed by atoms with E-state index in [0.29, 0.717) is 12.8 Å². The van der Waals surface area contributed by atoms with Crippen LogP contribution in [-0.2, 0) is 11.2 Å². The normalized spacial score (nSPS) is 10.5. The molecule has 0 radical (unpaired) electrons. The van der Waals surface area contributed by atoms with Crippen molar-refractivity contribution in [3.8, 4) is 5.75 Å². The van der Waals surface area contributed by atoms with Crippen molar-refractivity contribution in [2.75, 3.05) is 7.11 Å². The number of benzene rings is 1. The number of rotatable bonds is 6. The molecule has 1 aromatic rings. The minimum Gasteiger partial charge on any atom is -0.497 e. The molecule has 0 bridgehead atoms. The van der Waals surface area contributed by atoms with Gasteiger partial charge in [0.25, 0.3) is 0 Å². The molecule has 20 heavy (non-hydrogen) atoms. The van der Waals surface area contributed by atoms with E-state index in [4.69, 9.17) is 4.74 Å². The van der Waals surface area contributed by atoms with Crippen LogP contribution in [0.25, 0.3) is 0 Å². The molecule has 0 aliphatic rings. The number of carbonyl (C=O) groups excluding carboxylic acids is 1. The summed E-state index contributed by atoms with van der Waals surface area (Å²) in [5.41, 5.74) is 1.02. The van der Waals surface area contributed by atoms with Gasteiger partial charge in [-0.1, -0.05) is 26.0 Å². The second-order valence-corrected chi connectivity index (χ2v) is 3.98. The molecule has 0 aromatic heterocycles. The first-order valence-corrected chi connectivity index (χ1v) is 6.66. The van der Waals surface area contributed by atoms with Gasteiger partial charge in [-0.05, 0) is 37.0 Å². The molecule has 0 aliphatic heterocycles. The zero-order valence-corrected chi connectivity index (χ0v) is 12.1. The second-order valence-electron chi connectivity index (χ2n) is 3.98. The number of unbranched alkanes of at least 4 members (excludes halogenated alkanes) is 1. The third-order valence-electron chi connectivity index (χ3n) is 2.59. The summed E-state index contributed by atoms with van der Waals surface area (Å²) in [5, 5.41) is 0. The standard InChI is InChI=1S/C13H15F3O2.C2H6/c1-18-11-8-6-10(7-9-11)4-2-3-5-12(17)13(14,15)16;1-2/h6-9H,2-5H2,1H3;1-2H3. The lowest BCUT2D eigenvalue weighted by Gasteiger charge is -2.05. The van der Waals surface area contributed by atoms with Crippen molar-refractivity contribution in [1.82, 2.24) is 0 Å². The lowest BCUT2D eigenvalue weighted by atomic mass is 10.1. The van der Waals surface area contributed by atoms with Crippen LogP contribution in [0.3, 0.4) is 0 Å². The SMILES string of the molecule is CC.COc1ccc(CCCCC(=O)C(F)(F)F)cc1. The lowest BCUT2D eigenvalue weighted by molar-refractivity contribution is -0.171. The molecule has 0 N–H and O–H groups in total. The molecule has 0 saturated carbocycles. The first-order chi connectivity index (χ1) is 9.43. The Hall–Kier alpha value is -1.52. The summed E-state index contributed by atoms with van der Waals surface area (Å²) in [6, 6.07) is 7.33. The van der Waals surface area contributed by atoms with E-state index in [1.807, 2.05) is 26.0 Å². The predicted octanol–water partition coefficient (Wildman–Crippen LogP) is 4.57. The number of ketones is 1. The molecule has 0 amide bonds. The van der Waals surface area contributed by atoms with E-state index in [9.17, 15) is 18.0 Å². The van der Waals surface area contributed by atoms with Crippen LogP contribution in [0.1, 0.15) is 38.7 Å². The Balaban J connectivity index is 0.00000172. The molecule has 0 atom stereocenters. The molecule has 5 heteroatoms. The molecule has 0 spiro atoms. The van der Waals surface area contributed by atoms with E-state index in [-0.39, 0.29) is 6.42 Å². The van der Waals surface area contributed by atoms with Crippen LogP contribution in [0, 0.1) is 0 Å². The van der Waals surface area contributed by atoms with Crippen LogP contribution < -0.4 is 4.74 Å². The Morgan fingerprint density at radius 2 is 1.65 bits per heavy atom. The maximum absolute atomic E-state index is 11.9. The van der Waals surface area contributed by atoms with Crippen LogP contribution >= 0.6 is 0 Å². The first kappa shape index (κ1) is 18.5. The molecule has 0 unspecified atom stereocenters. The smallest absolute Gasteiger partial charge is 0.449 e. The van der Waals surface area contributed by atoms with Crippen molar-refractivity contribution >= 4 is 5.78 Å². The Bertz CT molecular complexity index is 383. The molecule has 1 aromatic carbocycles. The molecular formula is C15H21F3O2. The topological polar surface area (TPSA) is 26.3 Å². The molecule has 114 valence electrons. The highest BCUT2D eigenvalue weighted by Gasteiger charge is 2.36. The fourth-order valence-electron chi connectivity index (χ4n) is 1.55. The van der Waals surface area contributed by atoms with Gasteiger partial charge in [-0.3, -0.25) is 4.79 Å². The van der Waals surface area contributed by atoms with E-state index in [2.05, 4.69) is 0 Å². The van der Waals surface area contributed by atoms with Crippen LogP contribution in [0.15, 0.2) is 24.3 Å². The number of alkyl halides is 3. The highest BCUT2D eigenvalue weighted by atomic mass is 19.4. The third-order valence-corrected chi connectivity index (χ3v) is 2.59. The van der Waals surface area contributed by atoms with Gasteiger partial charge in [-0.25, -0.2) is 0 Å². The third kappa shape index (κ3) is 7.16. The number of hydrogen-bond donors (Lipinski definition) is 0. The fourth-order valence-corrected chi connectivity index (χ4v) is 1.55. The number of methoxy groups -OCH3 is 1. The van der Waals surface area contributed by atoms with Gasteiger partial charge >= 0.3 is 6.18 Å². The van der Waals surface area contributed by atoms with Crippen molar-refractivity contribution in [3.05, 3.63) is 29.8 Å². The van der Waals surface area contributed by atoms with Gasteiger partial charge in [0.05, 0.1) is 7.11 Å². The molecule has 2 nitrogen and oxygen atoms in total. The quantitative estimate of drug-likeness (QED) is 0.718. The van der Waals surface area contributed by atoms with Gasteiger partial charge in [-0.15, -0.1) is 0 Å². The first-order valence-electron chi connectivity index (χ1n) is 6.66. The molecule has 0 saturated heterocycles. The predicted molar refractivity (Wildman–Crippen MR) is 73.0 cm³/mol. The van der Waals surface area contributed by atoms with Crippen molar-refractivity contribution in [2.24, 2.45) is 0 Å². The fraction of sp³-hybridized carbons (Fsp3) is 0.533. The molecule has 1 rings (SSSR count). The van der Waals surface area contributed by atoms with Crippen molar-refractivity contribution in [3.63, 3.8) is 0 Å². The average Bonchev–Trinajstić information content (AvgIpc) is 2.45. The lowest BCUT2D eigenvalue weighted by Crippen LogP contribution is -2.22. The van der Waals surface area contributed by atoms with E-state index in [1.54, 1.807) is 19.2 Å². The largest absolute Gasteiger partial charge is 0.497 e. The highest BCUT2D eigenvalue weighted by Crippen LogP contribution is 2.20. The van der Waals surface area contributed by atoms with Crippen LogP contribution in [0.4, 0.5) is 13.2 Å². The average molecular weight is 290 g/mol. The van der Waals surface area contributed by atoms with Gasteiger partial charge in [-0.2, -0.15) is 13.2 Å². The Kier molecular flexibility index (Phi) is 8.68. The van der Waals surface area contributed by atoms with Gasteiger partial charge in [0.2, 0.25) is 5.78 Å². The number of hydrogen-bond acceptors (Lipinski definition) is 2. The van der Waals surface area contributed by atoms with Gasteiger partial charge in [0.15, 0.2) is 0 Å². The number of Topliss-reactive ketones (excluding diaryl/α,β-unsaturated/α-hetero) is 1. The number of ether oxygens (including phenoxy) is 1. The Morgan fingerprint density at radius 1 is 1.10 bits per heavy atom. The summed E-state index contributed by atoms with van der Waals surface area (Å²) >= 11 is 0. The van der Waals surface area contributed by atoms with Crippen molar-refractivity contribution in [1.29, 1.82) is 0 Å². The molecular weight excluding hydrogens is 269 g/mol. The Labute approximate surface area is 117 Å². The summed E-state index contributed by atoms with van der Waals surface area (Å²) < 4.78 is 40.8. The number of carbonyl (C=O) groups is 1. The van der Waals surface area contributed by atoms with Crippen LogP contribution in [0.2, 0.25) is 0 Å². The molecule has 0 aliphatic carbocycles. The summed E-state index contributed by atoms with van der Waals surface area (Å²) in [6.45, 7) is 4.00. The van der Waals surface area contributed by atoms with E-state index in [1.165, 1.54) is 0 Å². The number of aryl methyl sites for hydroxylation is 1. The molecule has 0 heterocycles. The van der Waals surface area contributed by atoms with E-state index < -0.39 is 18.4 Å². The zero-order chi connectivity index (χ0) is 15.6.